The highest BCUT2D eigenvalue weighted by Crippen LogP contribution is 2.22. The zero-order chi connectivity index (χ0) is 19.6. The molecule has 0 aliphatic heterocycles. The Kier molecular flexibility index (Phi) is 7.18. The van der Waals surface area contributed by atoms with Crippen LogP contribution in [0.3, 0.4) is 0 Å². The summed E-state index contributed by atoms with van der Waals surface area (Å²) in [5.74, 6) is -0.377. The topological polar surface area (TPSA) is 106 Å². The van der Waals surface area contributed by atoms with E-state index in [2.05, 4.69) is 22.1 Å². The van der Waals surface area contributed by atoms with Crippen LogP contribution in [0, 0.1) is 10.1 Å². The highest BCUT2D eigenvalue weighted by molar-refractivity contribution is 5.86. The van der Waals surface area contributed by atoms with Crippen molar-refractivity contribution >= 4 is 28.7 Å². The van der Waals surface area contributed by atoms with Crippen LogP contribution in [0.1, 0.15) is 13.3 Å². The molecule has 0 amide bonds. The van der Waals surface area contributed by atoms with Crippen LogP contribution in [0.15, 0.2) is 70.9 Å². The molecule has 0 unspecified atom stereocenters. The van der Waals surface area contributed by atoms with E-state index in [1.54, 1.807) is 19.1 Å². The third kappa shape index (κ3) is 6.69. The van der Waals surface area contributed by atoms with E-state index in [4.69, 9.17) is 4.74 Å². The molecule has 0 bridgehead atoms. The Morgan fingerprint density at radius 1 is 1.11 bits per heavy atom. The van der Waals surface area contributed by atoms with E-state index in [0.29, 0.717) is 36.5 Å². The summed E-state index contributed by atoms with van der Waals surface area (Å²) in [5.41, 5.74) is 2.51. The molecular formula is C19H20N4O4. The molecule has 27 heavy (non-hydrogen) atoms. The van der Waals surface area contributed by atoms with Crippen molar-refractivity contribution in [3.63, 3.8) is 0 Å². The van der Waals surface area contributed by atoms with E-state index in [9.17, 15) is 14.9 Å². The fourth-order valence-corrected chi connectivity index (χ4v) is 2.00. The van der Waals surface area contributed by atoms with Crippen molar-refractivity contribution < 1.29 is 14.5 Å². The van der Waals surface area contributed by atoms with Gasteiger partial charge in [-0.25, -0.2) is 4.79 Å². The van der Waals surface area contributed by atoms with E-state index >= 15 is 0 Å². The molecule has 0 aliphatic rings. The van der Waals surface area contributed by atoms with Gasteiger partial charge in [-0.3, -0.25) is 10.1 Å². The molecule has 8 heteroatoms. The van der Waals surface area contributed by atoms with Crippen molar-refractivity contribution in [3.05, 3.63) is 70.8 Å². The first kappa shape index (κ1) is 19.8. The van der Waals surface area contributed by atoms with Gasteiger partial charge in [-0.15, -0.1) is 0 Å². The smallest absolute Gasteiger partial charge is 0.333 e. The summed E-state index contributed by atoms with van der Waals surface area (Å²) in [5, 5.41) is 22.0. The number of ether oxygens (including phenoxy) is 1. The van der Waals surface area contributed by atoms with Crippen molar-refractivity contribution in [3.8, 4) is 0 Å². The molecule has 0 aliphatic carbocycles. The summed E-state index contributed by atoms with van der Waals surface area (Å²) < 4.78 is 5.01. The number of benzene rings is 2. The lowest BCUT2D eigenvalue weighted by molar-refractivity contribution is -0.384. The SMILES string of the molecule is C=C(C)C(=O)OCCCNc1ccc(N=Nc2ccc([N+](=O)[O-])cc2)cc1. The Morgan fingerprint density at radius 2 is 1.67 bits per heavy atom. The van der Waals surface area contributed by atoms with Crippen LogP contribution in [0.4, 0.5) is 22.7 Å². The van der Waals surface area contributed by atoms with Crippen LogP contribution in [-0.2, 0) is 9.53 Å². The molecular weight excluding hydrogens is 348 g/mol. The van der Waals surface area contributed by atoms with E-state index in [1.807, 2.05) is 12.1 Å². The molecule has 0 aromatic heterocycles. The van der Waals surface area contributed by atoms with Gasteiger partial charge in [-0.2, -0.15) is 10.2 Å². The second-order valence-electron chi connectivity index (χ2n) is 5.72. The van der Waals surface area contributed by atoms with Gasteiger partial charge >= 0.3 is 5.97 Å². The maximum atomic E-state index is 11.2. The predicted octanol–water partition coefficient (Wildman–Crippen LogP) is 4.93. The second kappa shape index (κ2) is 9.81. The number of nitro benzene ring substituents is 1. The molecule has 0 saturated carbocycles. The highest BCUT2D eigenvalue weighted by Gasteiger charge is 2.03. The molecule has 2 aromatic rings. The van der Waals surface area contributed by atoms with Gasteiger partial charge < -0.3 is 10.1 Å². The van der Waals surface area contributed by atoms with Crippen LogP contribution >= 0.6 is 0 Å². The Hall–Kier alpha value is -3.55. The molecule has 0 fully saturated rings. The van der Waals surface area contributed by atoms with Crippen molar-refractivity contribution in [2.45, 2.75) is 13.3 Å². The number of carbonyl (C=O) groups is 1. The average Bonchev–Trinajstić information content (AvgIpc) is 2.67. The molecule has 0 atom stereocenters. The monoisotopic (exact) mass is 368 g/mol. The van der Waals surface area contributed by atoms with E-state index in [1.165, 1.54) is 24.3 Å². The molecule has 0 spiro atoms. The number of rotatable bonds is 9. The van der Waals surface area contributed by atoms with E-state index < -0.39 is 4.92 Å². The summed E-state index contributed by atoms with van der Waals surface area (Å²) in [6, 6.07) is 13.2. The number of azo groups is 1. The minimum Gasteiger partial charge on any atom is -0.462 e. The number of esters is 1. The minimum atomic E-state index is -0.461. The maximum Gasteiger partial charge on any atom is 0.333 e. The quantitative estimate of drug-likeness (QED) is 0.169. The van der Waals surface area contributed by atoms with Crippen molar-refractivity contribution in [1.29, 1.82) is 0 Å². The largest absolute Gasteiger partial charge is 0.462 e. The first-order valence-electron chi connectivity index (χ1n) is 8.28. The van der Waals surface area contributed by atoms with Crippen LogP contribution < -0.4 is 5.32 Å². The summed E-state index contributed by atoms with van der Waals surface area (Å²) in [6.45, 7) is 6.13. The third-order valence-corrected chi connectivity index (χ3v) is 3.44. The van der Waals surface area contributed by atoms with Crippen LogP contribution in [0.25, 0.3) is 0 Å². The van der Waals surface area contributed by atoms with Gasteiger partial charge in [-0.1, -0.05) is 6.58 Å². The number of carbonyl (C=O) groups excluding carboxylic acids is 1. The normalized spacial score (nSPS) is 10.6. The fraction of sp³-hybridized carbons (Fsp3) is 0.211. The van der Waals surface area contributed by atoms with Gasteiger partial charge in [0.05, 0.1) is 22.9 Å². The molecule has 2 rings (SSSR count). The lowest BCUT2D eigenvalue weighted by Crippen LogP contribution is -2.10. The molecule has 2 aromatic carbocycles. The summed E-state index contributed by atoms with van der Waals surface area (Å²) in [6.07, 6.45) is 0.681. The van der Waals surface area contributed by atoms with Gasteiger partial charge in [-0.05, 0) is 49.7 Å². The Labute approximate surface area is 156 Å². The molecule has 0 radical (unpaired) electrons. The zero-order valence-electron chi connectivity index (χ0n) is 14.9. The molecule has 0 heterocycles. The number of nitrogens with zero attached hydrogens (tertiary/aromatic N) is 3. The van der Waals surface area contributed by atoms with E-state index in [-0.39, 0.29) is 11.7 Å². The van der Waals surface area contributed by atoms with Crippen LogP contribution in [-0.4, -0.2) is 24.0 Å². The number of non-ortho nitro benzene ring substituents is 1. The Morgan fingerprint density at radius 3 is 2.19 bits per heavy atom. The van der Waals surface area contributed by atoms with Crippen LogP contribution in [0.5, 0.6) is 0 Å². The predicted molar refractivity (Wildman–Crippen MR) is 103 cm³/mol. The number of nitro groups is 1. The number of anilines is 1. The Balaban J connectivity index is 1.78. The second-order valence-corrected chi connectivity index (χ2v) is 5.72. The number of hydrogen-bond acceptors (Lipinski definition) is 7. The first-order valence-corrected chi connectivity index (χ1v) is 8.28. The maximum absolute atomic E-state index is 11.2. The van der Waals surface area contributed by atoms with Gasteiger partial charge in [0.15, 0.2) is 0 Å². The standard InChI is InChI=1S/C19H20N4O4/c1-14(2)19(24)27-13-3-12-20-15-4-6-16(7-5-15)21-22-17-8-10-18(11-9-17)23(25)26/h4-11,20H,1,3,12-13H2,2H3. The van der Waals surface area contributed by atoms with Gasteiger partial charge in [0.25, 0.3) is 5.69 Å². The van der Waals surface area contributed by atoms with E-state index in [0.717, 1.165) is 5.69 Å². The van der Waals surface area contributed by atoms with Gasteiger partial charge in [0, 0.05) is 29.9 Å². The van der Waals surface area contributed by atoms with Gasteiger partial charge in [0.1, 0.15) is 0 Å². The molecule has 140 valence electrons. The number of nitrogens with one attached hydrogen (secondary N) is 1. The van der Waals surface area contributed by atoms with Crippen LogP contribution in [0.2, 0.25) is 0 Å². The van der Waals surface area contributed by atoms with Crippen molar-refractivity contribution in [2.75, 3.05) is 18.5 Å². The third-order valence-electron chi connectivity index (χ3n) is 3.44. The lowest BCUT2D eigenvalue weighted by Gasteiger charge is -2.07. The average molecular weight is 368 g/mol. The van der Waals surface area contributed by atoms with Crippen molar-refractivity contribution in [2.24, 2.45) is 10.2 Å². The molecule has 1 N–H and O–H groups in total. The fourth-order valence-electron chi connectivity index (χ4n) is 2.00. The highest BCUT2D eigenvalue weighted by atomic mass is 16.6. The summed E-state index contributed by atoms with van der Waals surface area (Å²) in [4.78, 5) is 21.4. The summed E-state index contributed by atoms with van der Waals surface area (Å²) >= 11 is 0. The summed E-state index contributed by atoms with van der Waals surface area (Å²) in [7, 11) is 0. The first-order chi connectivity index (χ1) is 13.0. The number of hydrogen-bond donors (Lipinski definition) is 1. The van der Waals surface area contributed by atoms with Crippen molar-refractivity contribution in [1.82, 2.24) is 0 Å². The minimum absolute atomic E-state index is 0.0128. The Bertz CT molecular complexity index is 830. The zero-order valence-corrected chi connectivity index (χ0v) is 14.9. The lowest BCUT2D eigenvalue weighted by atomic mass is 10.3. The molecule has 8 nitrogen and oxygen atoms in total. The van der Waals surface area contributed by atoms with Gasteiger partial charge in [0.2, 0.25) is 0 Å². The molecule has 0 saturated heterocycles.